The third-order valence-corrected chi connectivity index (χ3v) is 6.29. The molecule has 4 rings (SSSR count). The standard InChI is InChI=1S/C28H30N4O4/c1-35-13-12-31-10-8-24(19-31)20-36-28(34)17-22-5-2-4-21(14-22)16-26-27(33)9-11-32(30-26)25-7-3-6-23(15-25)18-29/h2-7,9,11,14-15,24H,8,10,12-13,16-17,19-20H2,1H3. The van der Waals surface area contributed by atoms with E-state index in [9.17, 15) is 9.59 Å². The van der Waals surface area contributed by atoms with Gasteiger partial charge < -0.3 is 14.4 Å². The lowest BCUT2D eigenvalue weighted by Gasteiger charge is -2.15. The molecule has 0 saturated carbocycles. The first-order chi connectivity index (χ1) is 17.5. The third-order valence-electron chi connectivity index (χ3n) is 6.29. The molecule has 3 aromatic rings. The Labute approximate surface area is 210 Å². The number of carbonyl (C=O) groups is 1. The lowest BCUT2D eigenvalue weighted by Crippen LogP contribution is -2.26. The number of nitriles is 1. The maximum absolute atomic E-state index is 12.5. The Kier molecular flexibility index (Phi) is 8.61. The first-order valence-corrected chi connectivity index (χ1v) is 12.1. The molecular weight excluding hydrogens is 456 g/mol. The van der Waals surface area contributed by atoms with Crippen LogP contribution in [0.4, 0.5) is 0 Å². The Hall–Kier alpha value is -3.80. The molecule has 36 heavy (non-hydrogen) atoms. The van der Waals surface area contributed by atoms with Crippen molar-refractivity contribution in [3.63, 3.8) is 0 Å². The highest BCUT2D eigenvalue weighted by Crippen LogP contribution is 2.17. The summed E-state index contributed by atoms with van der Waals surface area (Å²) >= 11 is 0. The number of hydrogen-bond donors (Lipinski definition) is 0. The summed E-state index contributed by atoms with van der Waals surface area (Å²) in [7, 11) is 1.70. The van der Waals surface area contributed by atoms with Gasteiger partial charge >= 0.3 is 5.97 Å². The second kappa shape index (κ2) is 12.2. The highest BCUT2D eigenvalue weighted by Gasteiger charge is 2.23. The summed E-state index contributed by atoms with van der Waals surface area (Å²) in [6.45, 7) is 3.98. The maximum atomic E-state index is 12.5. The van der Waals surface area contributed by atoms with Crippen molar-refractivity contribution in [2.24, 2.45) is 5.92 Å². The van der Waals surface area contributed by atoms with E-state index in [1.807, 2.05) is 30.3 Å². The summed E-state index contributed by atoms with van der Waals surface area (Å²) in [6.07, 6.45) is 3.13. The lowest BCUT2D eigenvalue weighted by atomic mass is 10.0. The Morgan fingerprint density at radius 1 is 1.17 bits per heavy atom. The molecule has 2 aromatic carbocycles. The molecule has 1 saturated heterocycles. The minimum atomic E-state index is -0.250. The van der Waals surface area contributed by atoms with E-state index in [2.05, 4.69) is 16.1 Å². The predicted molar refractivity (Wildman–Crippen MR) is 135 cm³/mol. The molecule has 0 amide bonds. The van der Waals surface area contributed by atoms with Gasteiger partial charge in [0.25, 0.3) is 0 Å². The number of carbonyl (C=O) groups excluding carboxylic acids is 1. The molecule has 0 bridgehead atoms. The number of nitrogens with zero attached hydrogens (tertiary/aromatic N) is 4. The molecule has 1 fully saturated rings. The summed E-state index contributed by atoms with van der Waals surface area (Å²) in [6, 6.07) is 18.2. The molecule has 0 aliphatic carbocycles. The minimum absolute atomic E-state index is 0.163. The lowest BCUT2D eigenvalue weighted by molar-refractivity contribution is -0.144. The van der Waals surface area contributed by atoms with Crippen LogP contribution in [0.25, 0.3) is 5.69 Å². The van der Waals surface area contributed by atoms with E-state index < -0.39 is 0 Å². The molecule has 8 heteroatoms. The number of benzene rings is 2. The Bertz CT molecular complexity index is 1300. The normalized spacial score (nSPS) is 15.5. The quantitative estimate of drug-likeness (QED) is 0.407. The number of rotatable bonds is 10. The molecule has 0 spiro atoms. The molecule has 1 aliphatic rings. The number of ether oxygens (including phenoxy) is 2. The molecule has 186 valence electrons. The molecule has 0 radical (unpaired) electrons. The fourth-order valence-electron chi connectivity index (χ4n) is 4.38. The second-order valence-electron chi connectivity index (χ2n) is 9.04. The zero-order valence-electron chi connectivity index (χ0n) is 20.4. The average molecular weight is 487 g/mol. The predicted octanol–water partition coefficient (Wildman–Crippen LogP) is 2.75. The van der Waals surface area contributed by atoms with E-state index in [1.165, 1.54) is 6.07 Å². The highest BCUT2D eigenvalue weighted by molar-refractivity contribution is 5.72. The van der Waals surface area contributed by atoms with Crippen molar-refractivity contribution in [1.82, 2.24) is 14.7 Å². The smallest absolute Gasteiger partial charge is 0.310 e. The van der Waals surface area contributed by atoms with E-state index in [0.717, 1.165) is 37.2 Å². The van der Waals surface area contributed by atoms with E-state index in [0.29, 0.717) is 42.5 Å². The van der Waals surface area contributed by atoms with Gasteiger partial charge in [0.1, 0.15) is 5.69 Å². The van der Waals surface area contributed by atoms with Gasteiger partial charge in [0.15, 0.2) is 0 Å². The summed E-state index contributed by atoms with van der Waals surface area (Å²) in [5.41, 5.74) is 3.17. The van der Waals surface area contributed by atoms with E-state index in [4.69, 9.17) is 14.7 Å². The second-order valence-corrected chi connectivity index (χ2v) is 9.04. The van der Waals surface area contributed by atoms with Crippen LogP contribution in [0, 0.1) is 17.2 Å². The fourth-order valence-corrected chi connectivity index (χ4v) is 4.38. The minimum Gasteiger partial charge on any atom is -0.465 e. The van der Waals surface area contributed by atoms with Gasteiger partial charge in [-0.15, -0.1) is 0 Å². The maximum Gasteiger partial charge on any atom is 0.310 e. The number of aromatic nitrogens is 2. The van der Waals surface area contributed by atoms with E-state index >= 15 is 0 Å². The Morgan fingerprint density at radius 2 is 2.00 bits per heavy atom. The van der Waals surface area contributed by atoms with Crippen molar-refractivity contribution in [2.75, 3.05) is 40.0 Å². The molecule has 1 aromatic heterocycles. The van der Waals surface area contributed by atoms with Crippen LogP contribution in [0.15, 0.2) is 65.6 Å². The van der Waals surface area contributed by atoms with Gasteiger partial charge in [0.2, 0.25) is 5.43 Å². The van der Waals surface area contributed by atoms with Crippen LogP contribution in [0.1, 0.15) is 28.8 Å². The van der Waals surface area contributed by atoms with Crippen molar-refractivity contribution in [2.45, 2.75) is 19.3 Å². The molecular formula is C28H30N4O4. The van der Waals surface area contributed by atoms with Gasteiger partial charge in [-0.3, -0.25) is 9.59 Å². The highest BCUT2D eigenvalue weighted by atomic mass is 16.5. The molecule has 1 aliphatic heterocycles. The SMILES string of the molecule is COCCN1CCC(COC(=O)Cc2cccc(Cc3nn(-c4cccc(C#N)c4)ccc3=O)c2)C1. The summed E-state index contributed by atoms with van der Waals surface area (Å²) in [5.74, 6) is 0.109. The van der Waals surface area contributed by atoms with E-state index in [-0.39, 0.29) is 17.8 Å². The fraction of sp³-hybridized carbons (Fsp3) is 0.357. The number of methoxy groups -OCH3 is 1. The van der Waals surface area contributed by atoms with Gasteiger partial charge in [-0.25, -0.2) is 4.68 Å². The zero-order chi connectivity index (χ0) is 25.3. The van der Waals surface area contributed by atoms with Crippen molar-refractivity contribution in [3.05, 3.63) is 93.4 Å². The van der Waals surface area contributed by atoms with Crippen LogP contribution in [0.5, 0.6) is 0 Å². The van der Waals surface area contributed by atoms with Crippen LogP contribution >= 0.6 is 0 Å². The Morgan fingerprint density at radius 3 is 2.83 bits per heavy atom. The van der Waals surface area contributed by atoms with Gasteiger partial charge in [0.05, 0.1) is 37.0 Å². The molecule has 1 atom stereocenters. The zero-order valence-corrected chi connectivity index (χ0v) is 20.4. The Balaban J connectivity index is 1.35. The van der Waals surface area contributed by atoms with Gasteiger partial charge in [0, 0.05) is 44.8 Å². The summed E-state index contributed by atoms with van der Waals surface area (Å²) in [5, 5.41) is 13.6. The van der Waals surface area contributed by atoms with Crippen molar-refractivity contribution in [1.29, 1.82) is 5.26 Å². The van der Waals surface area contributed by atoms with Gasteiger partial charge in [-0.2, -0.15) is 10.4 Å². The van der Waals surface area contributed by atoms with Crippen LogP contribution < -0.4 is 5.43 Å². The molecule has 2 heterocycles. The van der Waals surface area contributed by atoms with Crippen molar-refractivity contribution >= 4 is 5.97 Å². The van der Waals surface area contributed by atoms with Crippen LogP contribution in [-0.4, -0.2) is 60.6 Å². The van der Waals surface area contributed by atoms with Gasteiger partial charge in [-0.05, 0) is 42.3 Å². The monoisotopic (exact) mass is 486 g/mol. The largest absolute Gasteiger partial charge is 0.465 e. The number of likely N-dealkylation sites (tertiary alicyclic amines) is 1. The average Bonchev–Trinajstić information content (AvgIpc) is 3.35. The first-order valence-electron chi connectivity index (χ1n) is 12.1. The third kappa shape index (κ3) is 6.87. The molecule has 1 unspecified atom stereocenters. The van der Waals surface area contributed by atoms with Crippen LogP contribution in [-0.2, 0) is 27.1 Å². The first kappa shape index (κ1) is 25.3. The topological polar surface area (TPSA) is 97.4 Å². The van der Waals surface area contributed by atoms with Crippen molar-refractivity contribution in [3.8, 4) is 11.8 Å². The summed E-state index contributed by atoms with van der Waals surface area (Å²) < 4.78 is 12.3. The van der Waals surface area contributed by atoms with E-state index in [1.54, 1.807) is 36.2 Å². The van der Waals surface area contributed by atoms with Crippen LogP contribution in [0.2, 0.25) is 0 Å². The molecule has 8 nitrogen and oxygen atoms in total. The number of esters is 1. The number of hydrogen-bond acceptors (Lipinski definition) is 7. The summed E-state index contributed by atoms with van der Waals surface area (Å²) in [4.78, 5) is 27.3. The molecule has 0 N–H and O–H groups in total. The van der Waals surface area contributed by atoms with Gasteiger partial charge in [-0.1, -0.05) is 30.3 Å². The van der Waals surface area contributed by atoms with Crippen LogP contribution in [0.3, 0.4) is 0 Å². The van der Waals surface area contributed by atoms with Crippen molar-refractivity contribution < 1.29 is 14.3 Å².